The second kappa shape index (κ2) is 11.0. The first kappa shape index (κ1) is 24.9. The van der Waals surface area contributed by atoms with Crippen molar-refractivity contribution in [3.05, 3.63) is 83.4 Å². The Morgan fingerprint density at radius 1 is 1.11 bits per heavy atom. The molecule has 0 aromatic heterocycles. The Hall–Kier alpha value is -3.23. The van der Waals surface area contributed by atoms with Crippen molar-refractivity contribution in [3.63, 3.8) is 0 Å². The smallest absolute Gasteiger partial charge is 0.254 e. The Morgan fingerprint density at radius 3 is 2.54 bits per heavy atom. The minimum absolute atomic E-state index is 0.183. The van der Waals surface area contributed by atoms with Crippen LogP contribution < -0.4 is 4.74 Å². The Balaban J connectivity index is 1.45. The number of halogens is 2. The number of carbonyl (C=O) groups excluding carboxylic acids is 2. The largest absolute Gasteiger partial charge is 0.489 e. The second-order valence-electron chi connectivity index (χ2n) is 8.31. The highest BCUT2D eigenvalue weighted by molar-refractivity contribution is 7.98. The molecule has 1 saturated heterocycles. The highest BCUT2D eigenvalue weighted by atomic mass is 32.2. The molecule has 0 unspecified atom stereocenters. The Morgan fingerprint density at radius 2 is 1.86 bits per heavy atom. The number of ether oxygens (including phenoxy) is 1. The number of aldehydes is 1. The number of hydrogen-bond acceptors (Lipinski definition) is 5. The van der Waals surface area contributed by atoms with E-state index in [4.69, 9.17) is 4.74 Å². The van der Waals surface area contributed by atoms with Gasteiger partial charge in [-0.15, -0.1) is 11.8 Å². The molecule has 1 aliphatic heterocycles. The van der Waals surface area contributed by atoms with E-state index in [0.29, 0.717) is 34.6 Å². The molecule has 182 valence electrons. The zero-order chi connectivity index (χ0) is 24.9. The minimum atomic E-state index is -0.897. The van der Waals surface area contributed by atoms with Gasteiger partial charge >= 0.3 is 0 Å². The van der Waals surface area contributed by atoms with Crippen molar-refractivity contribution < 1.29 is 28.2 Å². The number of likely N-dealkylation sites (tertiary alicyclic amines) is 1. The van der Waals surface area contributed by atoms with E-state index in [1.54, 1.807) is 48.7 Å². The molecule has 0 spiro atoms. The van der Waals surface area contributed by atoms with Crippen LogP contribution in [0.5, 0.6) is 5.75 Å². The molecule has 3 aromatic carbocycles. The van der Waals surface area contributed by atoms with Gasteiger partial charge in [0.15, 0.2) is 11.6 Å². The highest BCUT2D eigenvalue weighted by Crippen LogP contribution is 2.33. The van der Waals surface area contributed by atoms with Gasteiger partial charge in [-0.05, 0) is 72.2 Å². The summed E-state index contributed by atoms with van der Waals surface area (Å²) in [6.45, 7) is 0.0279. The summed E-state index contributed by atoms with van der Waals surface area (Å²) in [6, 6.07) is 15.5. The van der Waals surface area contributed by atoms with Gasteiger partial charge in [0, 0.05) is 10.5 Å². The molecule has 1 heterocycles. The van der Waals surface area contributed by atoms with Gasteiger partial charge in [-0.2, -0.15) is 0 Å². The predicted octanol–water partition coefficient (Wildman–Crippen LogP) is 5.10. The maximum atomic E-state index is 13.8. The molecule has 1 aliphatic rings. The van der Waals surface area contributed by atoms with Crippen LogP contribution in [0.15, 0.2) is 65.6 Å². The molecule has 0 aliphatic carbocycles. The standard InChI is InChI=1S/C27H25F2NO4S/c1-35-26-13-25(29)24(28)12-23(26)18-5-9-22(10-6-18)34-16-17-3-2-4-19(11-17)27(33)30-20(14-31)7-8-21(30)15-32/h2-6,9-14,20-21,32H,7-8,15-16H2,1H3/t20-,21+/m0/s1. The normalized spacial score (nSPS) is 17.4. The SMILES string of the molecule is CSc1cc(F)c(F)cc1-c1ccc(OCc2cccc(C(=O)N3[C@@H](CO)CC[C@H]3C=O)c2)cc1. The van der Waals surface area contributed by atoms with Crippen LogP contribution in [0.1, 0.15) is 28.8 Å². The first-order valence-electron chi connectivity index (χ1n) is 11.2. The van der Waals surface area contributed by atoms with E-state index < -0.39 is 17.7 Å². The summed E-state index contributed by atoms with van der Waals surface area (Å²) < 4.78 is 33.2. The Bertz CT molecular complexity index is 1220. The fraction of sp³-hybridized carbons (Fsp3) is 0.259. The predicted molar refractivity (Wildman–Crippen MR) is 130 cm³/mol. The molecule has 0 bridgehead atoms. The molecular formula is C27H25F2NO4S. The van der Waals surface area contributed by atoms with Gasteiger partial charge in [0.2, 0.25) is 0 Å². The number of carbonyl (C=O) groups is 2. The van der Waals surface area contributed by atoms with Crippen LogP contribution in [0.4, 0.5) is 8.78 Å². The summed E-state index contributed by atoms with van der Waals surface area (Å²) in [4.78, 5) is 26.5. The van der Waals surface area contributed by atoms with Crippen LogP contribution in [0.25, 0.3) is 11.1 Å². The summed E-state index contributed by atoms with van der Waals surface area (Å²) in [5, 5.41) is 9.59. The fourth-order valence-corrected chi connectivity index (χ4v) is 4.92. The molecule has 2 atom stereocenters. The van der Waals surface area contributed by atoms with Crippen molar-refractivity contribution in [1.82, 2.24) is 4.90 Å². The van der Waals surface area contributed by atoms with E-state index in [0.717, 1.165) is 17.4 Å². The molecule has 0 radical (unpaired) electrons. The van der Waals surface area contributed by atoms with E-state index in [2.05, 4.69) is 0 Å². The Labute approximate surface area is 206 Å². The summed E-state index contributed by atoms with van der Waals surface area (Å²) >= 11 is 1.34. The van der Waals surface area contributed by atoms with Gasteiger partial charge in [0.25, 0.3) is 5.91 Å². The quantitative estimate of drug-likeness (QED) is 0.347. The van der Waals surface area contributed by atoms with Crippen molar-refractivity contribution in [2.75, 3.05) is 12.9 Å². The maximum Gasteiger partial charge on any atom is 0.254 e. The van der Waals surface area contributed by atoms with Crippen molar-refractivity contribution in [2.45, 2.75) is 36.4 Å². The highest BCUT2D eigenvalue weighted by Gasteiger charge is 2.36. The lowest BCUT2D eigenvalue weighted by Gasteiger charge is -2.26. The van der Waals surface area contributed by atoms with Gasteiger partial charge in [-0.1, -0.05) is 24.3 Å². The molecule has 5 nitrogen and oxygen atoms in total. The third-order valence-corrected chi connectivity index (χ3v) is 6.91. The monoisotopic (exact) mass is 497 g/mol. The number of aliphatic hydroxyl groups excluding tert-OH is 1. The molecule has 0 saturated carbocycles. The number of thioether (sulfide) groups is 1. The van der Waals surface area contributed by atoms with E-state index in [-0.39, 0.29) is 25.2 Å². The third kappa shape index (κ3) is 5.39. The first-order chi connectivity index (χ1) is 16.9. The lowest BCUT2D eigenvalue weighted by Crippen LogP contribution is -2.43. The molecule has 1 amide bonds. The van der Waals surface area contributed by atoms with Gasteiger partial charge in [0.05, 0.1) is 18.7 Å². The molecule has 35 heavy (non-hydrogen) atoms. The number of rotatable bonds is 8. The van der Waals surface area contributed by atoms with Gasteiger partial charge < -0.3 is 19.5 Å². The van der Waals surface area contributed by atoms with E-state index in [1.165, 1.54) is 28.8 Å². The van der Waals surface area contributed by atoms with Crippen LogP contribution in [0, 0.1) is 11.6 Å². The van der Waals surface area contributed by atoms with Crippen LogP contribution in [0.3, 0.4) is 0 Å². The first-order valence-corrected chi connectivity index (χ1v) is 12.4. The van der Waals surface area contributed by atoms with Crippen molar-refractivity contribution in [2.24, 2.45) is 0 Å². The number of nitrogens with zero attached hydrogens (tertiary/aromatic N) is 1. The van der Waals surface area contributed by atoms with E-state index in [1.807, 2.05) is 6.07 Å². The number of benzene rings is 3. The summed E-state index contributed by atoms with van der Waals surface area (Å²) in [6.07, 6.45) is 3.70. The zero-order valence-electron chi connectivity index (χ0n) is 19.1. The Kier molecular flexibility index (Phi) is 7.83. The average Bonchev–Trinajstić information content (AvgIpc) is 3.32. The minimum Gasteiger partial charge on any atom is -0.489 e. The van der Waals surface area contributed by atoms with Crippen LogP contribution >= 0.6 is 11.8 Å². The summed E-state index contributed by atoms with van der Waals surface area (Å²) in [7, 11) is 0. The van der Waals surface area contributed by atoms with Crippen molar-refractivity contribution in [3.8, 4) is 16.9 Å². The topological polar surface area (TPSA) is 66.8 Å². The van der Waals surface area contributed by atoms with E-state index >= 15 is 0 Å². The summed E-state index contributed by atoms with van der Waals surface area (Å²) in [5.41, 5.74) is 2.54. The van der Waals surface area contributed by atoms with E-state index in [9.17, 15) is 23.5 Å². The van der Waals surface area contributed by atoms with Crippen LogP contribution in [-0.2, 0) is 11.4 Å². The average molecular weight is 498 g/mol. The molecule has 3 aromatic rings. The zero-order valence-corrected chi connectivity index (χ0v) is 19.9. The van der Waals surface area contributed by atoms with Gasteiger partial charge in [0.1, 0.15) is 18.6 Å². The molecule has 1 N–H and O–H groups in total. The lowest BCUT2D eigenvalue weighted by atomic mass is 10.1. The molecule has 1 fully saturated rings. The van der Waals surface area contributed by atoms with Crippen LogP contribution in [0.2, 0.25) is 0 Å². The molecule has 8 heteroatoms. The number of aliphatic hydroxyl groups is 1. The lowest BCUT2D eigenvalue weighted by molar-refractivity contribution is -0.111. The molecular weight excluding hydrogens is 472 g/mol. The van der Waals surface area contributed by atoms with Crippen molar-refractivity contribution >= 4 is 24.0 Å². The molecule has 4 rings (SSSR count). The number of hydrogen-bond donors (Lipinski definition) is 1. The van der Waals surface area contributed by atoms with Gasteiger partial charge in [-0.25, -0.2) is 8.78 Å². The van der Waals surface area contributed by atoms with Crippen LogP contribution in [-0.4, -0.2) is 47.1 Å². The fourth-order valence-electron chi connectivity index (χ4n) is 4.31. The summed E-state index contributed by atoms with van der Waals surface area (Å²) in [5.74, 6) is -1.48. The maximum absolute atomic E-state index is 13.8. The number of amides is 1. The third-order valence-electron chi connectivity index (χ3n) is 6.14. The second-order valence-corrected chi connectivity index (χ2v) is 9.16. The van der Waals surface area contributed by atoms with Gasteiger partial charge in [-0.3, -0.25) is 4.79 Å². The van der Waals surface area contributed by atoms with Crippen molar-refractivity contribution in [1.29, 1.82) is 0 Å².